The predicted molar refractivity (Wildman–Crippen MR) is 58.6 cm³/mol. The highest BCUT2D eigenvalue weighted by molar-refractivity contribution is 5.95. The van der Waals surface area contributed by atoms with Crippen LogP contribution in [-0.2, 0) is 4.84 Å². The summed E-state index contributed by atoms with van der Waals surface area (Å²) in [5, 5.41) is 7.37. The lowest BCUT2D eigenvalue weighted by atomic mass is 9.79. The maximum Gasteiger partial charge on any atom is 0.106 e. The van der Waals surface area contributed by atoms with Crippen molar-refractivity contribution in [3.05, 3.63) is 0 Å². The van der Waals surface area contributed by atoms with E-state index >= 15 is 0 Å². The third-order valence-corrected chi connectivity index (χ3v) is 2.73. The van der Waals surface area contributed by atoms with E-state index in [9.17, 15) is 0 Å². The van der Waals surface area contributed by atoms with Gasteiger partial charge in [-0.2, -0.15) is 0 Å². The van der Waals surface area contributed by atoms with Gasteiger partial charge in [0.1, 0.15) is 7.11 Å². The zero-order valence-electron chi connectivity index (χ0n) is 9.63. The summed E-state index contributed by atoms with van der Waals surface area (Å²) in [6, 6.07) is 0. The van der Waals surface area contributed by atoms with E-state index in [0.29, 0.717) is 5.41 Å². The molecule has 0 unspecified atom stereocenters. The van der Waals surface area contributed by atoms with Gasteiger partial charge in [0.2, 0.25) is 0 Å². The zero-order chi connectivity index (χ0) is 10.6. The molecule has 2 rings (SSSR count). The SMILES string of the molecule is CC.CO/N=C1/CN(C)CC12CNC2. The molecule has 2 fully saturated rings. The molecule has 0 aromatic rings. The van der Waals surface area contributed by atoms with Crippen LogP contribution in [0.3, 0.4) is 0 Å². The quantitative estimate of drug-likeness (QED) is 0.627. The van der Waals surface area contributed by atoms with Gasteiger partial charge in [-0.3, -0.25) is 4.90 Å². The first-order valence-corrected chi connectivity index (χ1v) is 5.27. The number of oxime groups is 1. The average molecular weight is 199 g/mol. The Hall–Kier alpha value is -0.610. The second-order valence-electron chi connectivity index (χ2n) is 3.78. The van der Waals surface area contributed by atoms with Gasteiger partial charge in [-0.15, -0.1) is 0 Å². The highest BCUT2D eigenvalue weighted by Gasteiger charge is 2.47. The minimum Gasteiger partial charge on any atom is -0.399 e. The molecule has 2 aliphatic rings. The number of rotatable bonds is 1. The number of hydrogen-bond acceptors (Lipinski definition) is 4. The molecular weight excluding hydrogens is 178 g/mol. The monoisotopic (exact) mass is 199 g/mol. The van der Waals surface area contributed by atoms with Crippen LogP contribution in [0.4, 0.5) is 0 Å². The van der Waals surface area contributed by atoms with Crippen molar-refractivity contribution in [1.29, 1.82) is 0 Å². The van der Waals surface area contributed by atoms with Gasteiger partial charge in [0.25, 0.3) is 0 Å². The van der Waals surface area contributed by atoms with Gasteiger partial charge < -0.3 is 10.2 Å². The maximum atomic E-state index is 4.84. The Labute approximate surface area is 86.3 Å². The van der Waals surface area contributed by atoms with E-state index < -0.39 is 0 Å². The van der Waals surface area contributed by atoms with E-state index in [1.807, 2.05) is 13.8 Å². The van der Waals surface area contributed by atoms with Crippen LogP contribution >= 0.6 is 0 Å². The van der Waals surface area contributed by atoms with Gasteiger partial charge in [0.05, 0.1) is 11.1 Å². The zero-order valence-corrected chi connectivity index (χ0v) is 9.63. The van der Waals surface area contributed by atoms with Gasteiger partial charge in [-0.25, -0.2) is 0 Å². The normalized spacial score (nSPS) is 27.0. The first-order valence-electron chi connectivity index (χ1n) is 5.27. The summed E-state index contributed by atoms with van der Waals surface area (Å²) in [5.74, 6) is 0. The Balaban J connectivity index is 0.000000461. The Morgan fingerprint density at radius 1 is 1.43 bits per heavy atom. The van der Waals surface area contributed by atoms with Crippen LogP contribution < -0.4 is 5.32 Å². The lowest BCUT2D eigenvalue weighted by molar-refractivity contribution is 0.195. The van der Waals surface area contributed by atoms with Crippen molar-refractivity contribution in [2.24, 2.45) is 10.6 Å². The summed E-state index contributed by atoms with van der Waals surface area (Å²) in [6.07, 6.45) is 0. The number of hydrogen-bond donors (Lipinski definition) is 1. The lowest BCUT2D eigenvalue weighted by Crippen LogP contribution is -2.58. The Kier molecular flexibility index (Phi) is 3.89. The highest BCUT2D eigenvalue weighted by atomic mass is 16.6. The van der Waals surface area contributed by atoms with Gasteiger partial charge >= 0.3 is 0 Å². The smallest absolute Gasteiger partial charge is 0.106 e. The molecule has 2 saturated heterocycles. The van der Waals surface area contributed by atoms with Crippen molar-refractivity contribution >= 4 is 5.71 Å². The van der Waals surface area contributed by atoms with Gasteiger partial charge in [0, 0.05) is 26.2 Å². The largest absolute Gasteiger partial charge is 0.399 e. The molecule has 0 amide bonds. The van der Waals surface area contributed by atoms with Crippen molar-refractivity contribution in [1.82, 2.24) is 10.2 Å². The van der Waals surface area contributed by atoms with Crippen LogP contribution in [0.1, 0.15) is 13.8 Å². The average Bonchev–Trinajstić information content (AvgIpc) is 2.46. The van der Waals surface area contributed by atoms with Gasteiger partial charge in [-0.1, -0.05) is 19.0 Å². The van der Waals surface area contributed by atoms with Crippen molar-refractivity contribution < 1.29 is 4.84 Å². The van der Waals surface area contributed by atoms with E-state index in [-0.39, 0.29) is 0 Å². The molecular formula is C10H21N3O. The molecule has 82 valence electrons. The number of nitrogens with one attached hydrogen (secondary N) is 1. The van der Waals surface area contributed by atoms with Crippen LogP contribution in [0.5, 0.6) is 0 Å². The maximum absolute atomic E-state index is 4.84. The molecule has 0 radical (unpaired) electrons. The molecule has 4 nitrogen and oxygen atoms in total. The molecule has 0 bridgehead atoms. The molecule has 14 heavy (non-hydrogen) atoms. The van der Waals surface area contributed by atoms with E-state index in [0.717, 1.165) is 26.2 Å². The first kappa shape index (κ1) is 11.5. The van der Waals surface area contributed by atoms with Crippen LogP contribution in [-0.4, -0.2) is 50.9 Å². The fourth-order valence-corrected chi connectivity index (χ4v) is 2.07. The number of nitrogens with zero attached hydrogens (tertiary/aromatic N) is 2. The van der Waals surface area contributed by atoms with Crippen LogP contribution in [0.2, 0.25) is 0 Å². The second-order valence-corrected chi connectivity index (χ2v) is 3.78. The fourth-order valence-electron chi connectivity index (χ4n) is 2.07. The van der Waals surface area contributed by atoms with E-state index in [4.69, 9.17) is 4.84 Å². The number of likely N-dealkylation sites (tertiary alicyclic amines) is 1. The van der Waals surface area contributed by atoms with Crippen molar-refractivity contribution in [2.45, 2.75) is 13.8 Å². The standard InChI is InChI=1S/C8H15N3O.C2H6/c1-11-3-7(10-12-2)8(6-11)4-9-5-8;1-2/h9H,3-6H2,1-2H3;1-2H3/b10-7-;. The fraction of sp³-hybridized carbons (Fsp3) is 0.900. The Bertz CT molecular complexity index is 211. The summed E-state index contributed by atoms with van der Waals surface area (Å²) in [5.41, 5.74) is 1.50. The van der Waals surface area contributed by atoms with E-state index in [1.54, 1.807) is 7.11 Å². The lowest BCUT2D eigenvalue weighted by Gasteiger charge is -2.38. The second kappa shape index (κ2) is 4.75. The molecule has 0 aromatic heterocycles. The van der Waals surface area contributed by atoms with E-state index in [1.165, 1.54) is 5.71 Å². The van der Waals surface area contributed by atoms with Crippen molar-refractivity contribution in [2.75, 3.05) is 40.3 Å². The molecule has 0 aliphatic carbocycles. The molecule has 2 heterocycles. The summed E-state index contributed by atoms with van der Waals surface area (Å²) >= 11 is 0. The molecule has 0 atom stereocenters. The van der Waals surface area contributed by atoms with Crippen molar-refractivity contribution in [3.63, 3.8) is 0 Å². The van der Waals surface area contributed by atoms with Gasteiger partial charge in [-0.05, 0) is 7.05 Å². The van der Waals surface area contributed by atoms with Crippen LogP contribution in [0.25, 0.3) is 0 Å². The first-order chi connectivity index (χ1) is 6.77. The highest BCUT2D eigenvalue weighted by Crippen LogP contribution is 2.31. The van der Waals surface area contributed by atoms with Crippen LogP contribution in [0, 0.1) is 5.41 Å². The third kappa shape index (κ3) is 1.91. The molecule has 4 heteroatoms. The van der Waals surface area contributed by atoms with Crippen molar-refractivity contribution in [3.8, 4) is 0 Å². The van der Waals surface area contributed by atoms with Gasteiger partial charge in [0.15, 0.2) is 0 Å². The summed E-state index contributed by atoms with van der Waals surface area (Å²) in [7, 11) is 3.74. The topological polar surface area (TPSA) is 36.9 Å². The van der Waals surface area contributed by atoms with Crippen LogP contribution in [0.15, 0.2) is 5.16 Å². The predicted octanol–water partition coefficient (Wildman–Crippen LogP) is 0.550. The summed E-state index contributed by atoms with van der Waals surface area (Å²) < 4.78 is 0. The summed E-state index contributed by atoms with van der Waals surface area (Å²) in [6.45, 7) is 8.18. The molecule has 0 aromatic carbocycles. The minimum absolute atomic E-state index is 0.296. The summed E-state index contributed by atoms with van der Waals surface area (Å²) in [4.78, 5) is 7.13. The Morgan fingerprint density at radius 2 is 2.07 bits per heavy atom. The molecule has 2 aliphatic heterocycles. The molecule has 0 saturated carbocycles. The third-order valence-electron chi connectivity index (χ3n) is 2.73. The molecule has 1 spiro atoms. The molecule has 1 N–H and O–H groups in total. The minimum atomic E-state index is 0.296. The Morgan fingerprint density at radius 3 is 2.50 bits per heavy atom. The van der Waals surface area contributed by atoms with E-state index in [2.05, 4.69) is 22.4 Å².